The molecule has 1 spiro atoms. The van der Waals surface area contributed by atoms with Gasteiger partial charge in [-0.15, -0.1) is 0 Å². The molecule has 3 aliphatic heterocycles. The van der Waals surface area contributed by atoms with E-state index in [1.165, 1.54) is 0 Å². The molecule has 4 heterocycles. The van der Waals surface area contributed by atoms with Gasteiger partial charge in [-0.2, -0.15) is 5.26 Å². The number of hydrogen-bond donors (Lipinski definition) is 3. The van der Waals surface area contributed by atoms with Crippen LogP contribution in [-0.2, 0) is 26.3 Å². The van der Waals surface area contributed by atoms with Gasteiger partial charge >= 0.3 is 5.97 Å². The first-order valence-electron chi connectivity index (χ1n) is 12.1. The maximum Gasteiger partial charge on any atom is 0.341 e. The Morgan fingerprint density at radius 2 is 2.03 bits per heavy atom. The number of ether oxygens (including phenoxy) is 2. The van der Waals surface area contributed by atoms with E-state index in [2.05, 4.69) is 27.0 Å². The third kappa shape index (κ3) is 4.91. The predicted molar refractivity (Wildman–Crippen MR) is 127 cm³/mol. The normalized spacial score (nSPS) is 21.9. The summed E-state index contributed by atoms with van der Waals surface area (Å²) in [5, 5.41) is 18.9. The lowest BCUT2D eigenvalue weighted by Gasteiger charge is -2.33. The number of aromatic nitrogens is 1. The molecule has 2 aromatic rings. The van der Waals surface area contributed by atoms with Gasteiger partial charge in [0, 0.05) is 49.7 Å². The first-order valence-corrected chi connectivity index (χ1v) is 12.1. The van der Waals surface area contributed by atoms with Gasteiger partial charge in [0.1, 0.15) is 17.7 Å². The molecule has 3 aliphatic rings. The number of carbonyl (C=O) groups is 2. The van der Waals surface area contributed by atoms with Crippen LogP contribution >= 0.6 is 0 Å². The highest BCUT2D eigenvalue weighted by atomic mass is 16.6. The second-order valence-electron chi connectivity index (χ2n) is 9.26. The summed E-state index contributed by atoms with van der Waals surface area (Å²) in [7, 11) is 0. The van der Waals surface area contributed by atoms with Gasteiger partial charge in [-0.1, -0.05) is 24.3 Å². The number of nitrogens with one attached hydrogen (secondary N) is 3. The summed E-state index contributed by atoms with van der Waals surface area (Å²) in [4.78, 5) is 29.4. The second-order valence-corrected chi connectivity index (χ2v) is 9.26. The molecule has 3 N–H and O–H groups in total. The Bertz CT molecular complexity index is 1130. The van der Waals surface area contributed by atoms with Crippen LogP contribution in [0.2, 0.25) is 0 Å². The molecule has 1 amide bonds. The van der Waals surface area contributed by atoms with Gasteiger partial charge in [0.2, 0.25) is 0 Å². The fourth-order valence-corrected chi connectivity index (χ4v) is 4.97. The van der Waals surface area contributed by atoms with Crippen LogP contribution in [-0.4, -0.2) is 61.8 Å². The number of nitrogens with zero attached hydrogens (tertiary/aromatic N) is 2. The minimum Gasteiger partial charge on any atom is -0.450 e. The van der Waals surface area contributed by atoms with Gasteiger partial charge in [-0.3, -0.25) is 9.78 Å². The lowest BCUT2D eigenvalue weighted by molar-refractivity contribution is -0.132. The highest BCUT2D eigenvalue weighted by molar-refractivity contribution is 5.95. The summed E-state index contributed by atoms with van der Waals surface area (Å²) in [6.45, 7) is 3.40. The molecule has 9 heteroatoms. The fraction of sp³-hybridized carbons (Fsp3) is 0.462. The van der Waals surface area contributed by atoms with Gasteiger partial charge < -0.3 is 25.4 Å². The fourth-order valence-electron chi connectivity index (χ4n) is 4.97. The summed E-state index contributed by atoms with van der Waals surface area (Å²) < 4.78 is 11.4. The van der Waals surface area contributed by atoms with Crippen LogP contribution in [0, 0.1) is 11.3 Å². The van der Waals surface area contributed by atoms with Crippen LogP contribution in [0.15, 0.2) is 36.5 Å². The number of amides is 1. The monoisotopic (exact) mass is 475 g/mol. The number of fused-ring (bicyclic) bond motifs is 2. The minimum absolute atomic E-state index is 0.270. The first-order chi connectivity index (χ1) is 17.1. The number of nitriles is 1. The van der Waals surface area contributed by atoms with Crippen LogP contribution in [0.5, 0.6) is 0 Å². The average Bonchev–Trinajstić information content (AvgIpc) is 3.05. The van der Waals surface area contributed by atoms with Crippen LogP contribution in [0.4, 0.5) is 0 Å². The number of rotatable bonds is 5. The first kappa shape index (κ1) is 23.4. The van der Waals surface area contributed by atoms with Crippen molar-refractivity contribution < 1.29 is 19.1 Å². The summed E-state index contributed by atoms with van der Waals surface area (Å²) >= 11 is 0. The van der Waals surface area contributed by atoms with E-state index < -0.39 is 17.7 Å². The van der Waals surface area contributed by atoms with Gasteiger partial charge in [0.05, 0.1) is 17.3 Å². The summed E-state index contributed by atoms with van der Waals surface area (Å²) in [5.41, 5.74) is 3.51. The van der Waals surface area contributed by atoms with Crippen molar-refractivity contribution in [2.45, 2.75) is 43.4 Å². The SMILES string of the molecule is N#C[C@H](Cc1ccc(-c2cc3c(cn2)C(=O)OC32CCNCC2)cc1)NC(=O)[C@@H]1CNCCCO1. The number of hydrogen-bond acceptors (Lipinski definition) is 8. The molecule has 1 aromatic heterocycles. The molecule has 0 radical (unpaired) electrons. The van der Waals surface area contributed by atoms with E-state index in [0.717, 1.165) is 61.3 Å². The zero-order valence-corrected chi connectivity index (χ0v) is 19.5. The van der Waals surface area contributed by atoms with Crippen molar-refractivity contribution >= 4 is 11.9 Å². The summed E-state index contributed by atoms with van der Waals surface area (Å²) in [5.74, 6) is -0.570. The molecule has 2 fully saturated rings. The van der Waals surface area contributed by atoms with E-state index >= 15 is 0 Å². The maximum atomic E-state index is 12.5. The molecular formula is C26H29N5O4. The molecule has 2 atom stereocenters. The molecule has 1 aromatic carbocycles. The maximum absolute atomic E-state index is 12.5. The van der Waals surface area contributed by atoms with Crippen LogP contribution in [0.25, 0.3) is 11.3 Å². The number of benzene rings is 1. The summed E-state index contributed by atoms with van der Waals surface area (Å²) in [6.07, 6.45) is 3.77. The Morgan fingerprint density at radius 3 is 2.80 bits per heavy atom. The third-order valence-corrected chi connectivity index (χ3v) is 6.91. The molecule has 2 saturated heterocycles. The standard InChI is InChI=1S/C26H29N5O4/c27-14-19(31-24(32)23-16-29-8-1-11-34-23)12-17-2-4-18(5-3-17)22-13-21-20(15-30-22)25(33)35-26(21)6-9-28-10-7-26/h2-5,13,15,19,23,28-29H,1,6-12,16H2,(H,31,32)/t19-,23-/m0/s1. The lowest BCUT2D eigenvalue weighted by Crippen LogP contribution is -2.46. The Labute approximate surface area is 204 Å². The Kier molecular flexibility index (Phi) is 6.77. The zero-order valence-electron chi connectivity index (χ0n) is 19.5. The molecule has 35 heavy (non-hydrogen) atoms. The number of pyridine rings is 1. The minimum atomic E-state index is -0.652. The van der Waals surface area contributed by atoms with E-state index in [-0.39, 0.29) is 11.9 Å². The van der Waals surface area contributed by atoms with E-state index in [4.69, 9.17) is 9.47 Å². The van der Waals surface area contributed by atoms with E-state index in [0.29, 0.717) is 25.1 Å². The zero-order chi connectivity index (χ0) is 24.3. The topological polar surface area (TPSA) is 125 Å². The number of piperidine rings is 1. The highest BCUT2D eigenvalue weighted by Crippen LogP contribution is 2.43. The van der Waals surface area contributed by atoms with Gasteiger partial charge in [-0.25, -0.2) is 4.79 Å². The Morgan fingerprint density at radius 1 is 1.23 bits per heavy atom. The molecule has 182 valence electrons. The van der Waals surface area contributed by atoms with E-state index in [1.807, 2.05) is 30.3 Å². The van der Waals surface area contributed by atoms with E-state index in [9.17, 15) is 14.9 Å². The van der Waals surface area contributed by atoms with Crippen molar-refractivity contribution in [2.75, 3.05) is 32.8 Å². The quantitative estimate of drug-likeness (QED) is 0.555. The van der Waals surface area contributed by atoms with Crippen LogP contribution in [0.3, 0.4) is 0 Å². The van der Waals surface area contributed by atoms with Gasteiger partial charge in [-0.05, 0) is 37.7 Å². The Hall–Kier alpha value is -3.32. The molecule has 0 saturated carbocycles. The summed E-state index contributed by atoms with van der Waals surface area (Å²) in [6, 6.07) is 11.3. The highest BCUT2D eigenvalue weighted by Gasteiger charge is 2.46. The predicted octanol–water partition coefficient (Wildman–Crippen LogP) is 1.43. The van der Waals surface area contributed by atoms with Crippen LogP contribution < -0.4 is 16.0 Å². The van der Waals surface area contributed by atoms with Crippen LogP contribution in [0.1, 0.15) is 40.7 Å². The van der Waals surface area contributed by atoms with Gasteiger partial charge in [0.15, 0.2) is 0 Å². The van der Waals surface area contributed by atoms with Gasteiger partial charge in [0.25, 0.3) is 5.91 Å². The van der Waals surface area contributed by atoms with Crippen molar-refractivity contribution in [2.24, 2.45) is 0 Å². The van der Waals surface area contributed by atoms with Crippen molar-refractivity contribution in [1.29, 1.82) is 5.26 Å². The average molecular weight is 476 g/mol. The molecule has 5 rings (SSSR count). The van der Waals surface area contributed by atoms with Crippen molar-refractivity contribution in [1.82, 2.24) is 20.9 Å². The number of esters is 1. The van der Waals surface area contributed by atoms with Crippen molar-refractivity contribution in [3.8, 4) is 17.3 Å². The number of carbonyl (C=O) groups excluding carboxylic acids is 2. The molecule has 0 unspecified atom stereocenters. The second kappa shape index (κ2) is 10.1. The third-order valence-electron chi connectivity index (χ3n) is 6.91. The lowest BCUT2D eigenvalue weighted by atomic mass is 9.84. The van der Waals surface area contributed by atoms with Crippen molar-refractivity contribution in [3.63, 3.8) is 0 Å². The Balaban J connectivity index is 1.28. The molecule has 0 aliphatic carbocycles. The molecule has 9 nitrogen and oxygen atoms in total. The van der Waals surface area contributed by atoms with E-state index in [1.54, 1.807) is 6.20 Å². The largest absolute Gasteiger partial charge is 0.450 e. The molecular weight excluding hydrogens is 446 g/mol. The smallest absolute Gasteiger partial charge is 0.341 e. The molecule has 0 bridgehead atoms. The van der Waals surface area contributed by atoms with Crippen molar-refractivity contribution in [3.05, 3.63) is 53.2 Å².